The normalized spacial score (nSPS) is 15.3. The van der Waals surface area contributed by atoms with Crippen LogP contribution in [0.4, 0.5) is 0 Å². The Bertz CT molecular complexity index is 673. The molecule has 0 spiro atoms. The van der Waals surface area contributed by atoms with Gasteiger partial charge >= 0.3 is 0 Å². The molecule has 26 heavy (non-hydrogen) atoms. The first-order valence-corrected chi connectivity index (χ1v) is 9.13. The van der Waals surface area contributed by atoms with E-state index in [4.69, 9.17) is 0 Å². The Hall–Kier alpha value is -2.24. The van der Waals surface area contributed by atoms with Crippen molar-refractivity contribution in [1.29, 1.82) is 0 Å². The maximum atomic E-state index is 12.8. The Morgan fingerprint density at radius 1 is 1.12 bits per heavy atom. The largest absolute Gasteiger partial charge is 0.392 e. The fourth-order valence-electron chi connectivity index (χ4n) is 3.34. The van der Waals surface area contributed by atoms with Crippen LogP contribution in [-0.4, -0.2) is 46.2 Å². The van der Waals surface area contributed by atoms with Gasteiger partial charge in [-0.05, 0) is 29.7 Å². The van der Waals surface area contributed by atoms with E-state index < -0.39 is 6.04 Å². The molecule has 1 aliphatic rings. The van der Waals surface area contributed by atoms with E-state index in [1.54, 1.807) is 24.3 Å². The van der Waals surface area contributed by atoms with Gasteiger partial charge in [0.05, 0.1) is 30.4 Å². The second-order valence-electron chi connectivity index (χ2n) is 6.49. The molecule has 0 saturated heterocycles. The van der Waals surface area contributed by atoms with Crippen molar-refractivity contribution in [1.82, 2.24) is 4.90 Å². The minimum absolute atomic E-state index is 0.237. The zero-order valence-electron chi connectivity index (χ0n) is 15.3. The Morgan fingerprint density at radius 2 is 1.73 bits per heavy atom. The summed E-state index contributed by atoms with van der Waals surface area (Å²) in [5, 5.41) is 18.8. The van der Waals surface area contributed by atoms with Crippen molar-refractivity contribution in [2.45, 2.75) is 45.1 Å². The molecule has 140 valence electrons. The van der Waals surface area contributed by atoms with Crippen LogP contribution >= 0.6 is 0 Å². The average Bonchev–Trinajstić information content (AvgIpc) is 2.91. The topological polar surface area (TPSA) is 77.8 Å². The van der Waals surface area contributed by atoms with Crippen LogP contribution in [0.25, 0.3) is 0 Å². The van der Waals surface area contributed by atoms with Gasteiger partial charge in [0.1, 0.15) is 0 Å². The van der Waals surface area contributed by atoms with E-state index in [-0.39, 0.29) is 25.0 Å². The summed E-state index contributed by atoms with van der Waals surface area (Å²) in [4.78, 5) is 27.0. The number of aliphatic hydroxyl groups excluding tert-OH is 2. The molecular weight excluding hydrogens is 330 g/mol. The summed E-state index contributed by atoms with van der Waals surface area (Å²) in [6.07, 6.45) is 6.09. The predicted molar refractivity (Wildman–Crippen MR) is 101 cm³/mol. The molecule has 1 aromatic rings. The van der Waals surface area contributed by atoms with Gasteiger partial charge in [0.15, 0.2) is 0 Å². The number of nitrogens with zero attached hydrogens (tertiary/aromatic N) is 1. The Balaban J connectivity index is 2.32. The maximum Gasteiger partial charge on any atom is 0.262 e. The van der Waals surface area contributed by atoms with Gasteiger partial charge in [0.25, 0.3) is 11.8 Å². The standard InChI is InChI=1S/C21H27NO4/c1-3-4-5-6-11-19(15(2)16(14-24)12-13-23)22-20(25)17-9-7-8-10-18(17)21(22)26/h7-10,12,19,23-24H,2-6,11,13-14H2,1H3/b16-12+. The van der Waals surface area contributed by atoms with Crippen LogP contribution in [0.1, 0.15) is 59.7 Å². The summed E-state index contributed by atoms with van der Waals surface area (Å²) in [5.41, 5.74) is 1.78. The molecule has 2 N–H and O–H groups in total. The first-order chi connectivity index (χ1) is 12.6. The third-order valence-corrected chi connectivity index (χ3v) is 4.79. The fraction of sp³-hybridized carbons (Fsp3) is 0.429. The van der Waals surface area contributed by atoms with Crippen LogP contribution < -0.4 is 0 Å². The molecule has 1 aliphatic heterocycles. The van der Waals surface area contributed by atoms with Crippen molar-refractivity contribution >= 4 is 11.8 Å². The summed E-state index contributed by atoms with van der Waals surface area (Å²) in [6, 6.07) is 6.27. The first kappa shape index (κ1) is 20.1. The molecule has 0 fully saturated rings. The Labute approximate surface area is 154 Å². The lowest BCUT2D eigenvalue weighted by molar-refractivity contribution is 0.0600. The van der Waals surface area contributed by atoms with Crippen molar-refractivity contribution in [3.05, 3.63) is 59.2 Å². The third kappa shape index (κ3) is 4.11. The van der Waals surface area contributed by atoms with Crippen LogP contribution in [-0.2, 0) is 0 Å². The van der Waals surface area contributed by atoms with E-state index in [2.05, 4.69) is 13.5 Å². The fourth-order valence-corrected chi connectivity index (χ4v) is 3.34. The van der Waals surface area contributed by atoms with Gasteiger partial charge in [-0.15, -0.1) is 0 Å². The van der Waals surface area contributed by atoms with Gasteiger partial charge < -0.3 is 10.2 Å². The monoisotopic (exact) mass is 357 g/mol. The number of unbranched alkanes of at least 4 members (excludes halogenated alkanes) is 3. The quantitative estimate of drug-likeness (QED) is 0.383. The molecule has 1 aromatic carbocycles. The zero-order valence-corrected chi connectivity index (χ0v) is 15.3. The molecule has 5 nitrogen and oxygen atoms in total. The van der Waals surface area contributed by atoms with Gasteiger partial charge in [-0.2, -0.15) is 0 Å². The van der Waals surface area contributed by atoms with E-state index >= 15 is 0 Å². The first-order valence-electron chi connectivity index (χ1n) is 9.13. The Kier molecular flexibility index (Phi) is 7.30. The number of rotatable bonds is 10. The van der Waals surface area contributed by atoms with Crippen LogP contribution in [0.15, 0.2) is 48.1 Å². The summed E-state index contributed by atoms with van der Waals surface area (Å²) in [6.45, 7) is 5.62. The van der Waals surface area contributed by atoms with Gasteiger partial charge in [-0.3, -0.25) is 14.5 Å². The SMILES string of the molecule is C=C(/C(=C/CO)CO)C(CCCCCC)N1C(=O)c2ccccc2C1=O. The molecule has 1 atom stereocenters. The van der Waals surface area contributed by atoms with Crippen molar-refractivity contribution in [3.63, 3.8) is 0 Å². The molecule has 0 bridgehead atoms. The van der Waals surface area contributed by atoms with E-state index in [0.29, 0.717) is 28.7 Å². The highest BCUT2D eigenvalue weighted by molar-refractivity contribution is 6.21. The molecular formula is C21H27NO4. The van der Waals surface area contributed by atoms with E-state index in [1.165, 1.54) is 11.0 Å². The number of benzene rings is 1. The lowest BCUT2D eigenvalue weighted by Gasteiger charge is -2.29. The van der Waals surface area contributed by atoms with Crippen molar-refractivity contribution in [3.8, 4) is 0 Å². The highest BCUT2D eigenvalue weighted by atomic mass is 16.3. The lowest BCUT2D eigenvalue weighted by Crippen LogP contribution is -2.41. The summed E-state index contributed by atoms with van der Waals surface area (Å²) < 4.78 is 0. The maximum absolute atomic E-state index is 12.8. The van der Waals surface area contributed by atoms with Crippen molar-refractivity contribution < 1.29 is 19.8 Å². The number of hydrogen-bond acceptors (Lipinski definition) is 4. The smallest absolute Gasteiger partial charge is 0.262 e. The molecule has 0 aliphatic carbocycles. The summed E-state index contributed by atoms with van der Waals surface area (Å²) in [5.74, 6) is -0.651. The molecule has 0 radical (unpaired) electrons. The minimum Gasteiger partial charge on any atom is -0.392 e. The molecule has 5 heteroatoms. The second-order valence-corrected chi connectivity index (χ2v) is 6.49. The number of amides is 2. The highest BCUT2D eigenvalue weighted by Crippen LogP contribution is 2.31. The van der Waals surface area contributed by atoms with Crippen LogP contribution in [0, 0.1) is 0 Å². The molecule has 1 heterocycles. The van der Waals surface area contributed by atoms with Crippen LogP contribution in [0.2, 0.25) is 0 Å². The Morgan fingerprint density at radius 3 is 2.23 bits per heavy atom. The number of hydrogen-bond donors (Lipinski definition) is 2. The second kappa shape index (κ2) is 9.46. The molecule has 0 saturated carbocycles. The number of carbonyl (C=O) groups excluding carboxylic acids is 2. The van der Waals surface area contributed by atoms with Gasteiger partial charge in [-0.1, -0.05) is 57.4 Å². The predicted octanol–water partition coefficient (Wildman–Crippen LogP) is 3.09. The number of carbonyl (C=O) groups is 2. The molecule has 2 rings (SSSR count). The number of fused-ring (bicyclic) bond motifs is 1. The van der Waals surface area contributed by atoms with E-state index in [1.807, 2.05) is 0 Å². The molecule has 0 aromatic heterocycles. The molecule has 2 amide bonds. The summed E-state index contributed by atoms with van der Waals surface area (Å²) in [7, 11) is 0. The lowest BCUT2D eigenvalue weighted by atomic mass is 9.94. The van der Waals surface area contributed by atoms with Gasteiger partial charge in [0.2, 0.25) is 0 Å². The van der Waals surface area contributed by atoms with Gasteiger partial charge in [-0.25, -0.2) is 0 Å². The van der Waals surface area contributed by atoms with Gasteiger partial charge in [0, 0.05) is 0 Å². The number of aliphatic hydroxyl groups is 2. The third-order valence-electron chi connectivity index (χ3n) is 4.79. The van der Waals surface area contributed by atoms with Crippen molar-refractivity contribution in [2.75, 3.05) is 13.2 Å². The highest BCUT2D eigenvalue weighted by Gasteiger charge is 2.40. The minimum atomic E-state index is -0.524. The van der Waals surface area contributed by atoms with E-state index in [9.17, 15) is 19.8 Å². The zero-order chi connectivity index (χ0) is 19.1. The summed E-state index contributed by atoms with van der Waals surface area (Å²) >= 11 is 0. The average molecular weight is 357 g/mol. The van der Waals surface area contributed by atoms with Crippen LogP contribution in [0.3, 0.4) is 0 Å². The number of imide groups is 1. The molecule has 1 unspecified atom stereocenters. The van der Waals surface area contributed by atoms with Crippen molar-refractivity contribution in [2.24, 2.45) is 0 Å². The van der Waals surface area contributed by atoms with E-state index in [0.717, 1.165) is 25.7 Å². The van der Waals surface area contributed by atoms with Crippen LogP contribution in [0.5, 0.6) is 0 Å².